The molecule has 1 amide bonds. The molecule has 2 aromatic rings. The number of hydrogen-bond acceptors (Lipinski definition) is 4. The molecule has 2 N–H and O–H groups in total. The van der Waals surface area contributed by atoms with Crippen molar-refractivity contribution in [1.29, 1.82) is 0 Å². The molecule has 4 rings (SSSR count). The molecule has 0 aliphatic carbocycles. The van der Waals surface area contributed by atoms with Crippen molar-refractivity contribution in [2.45, 2.75) is 19.9 Å². The van der Waals surface area contributed by atoms with E-state index in [1.165, 1.54) is 11.8 Å². The van der Waals surface area contributed by atoms with E-state index in [4.69, 9.17) is 0 Å². The standard InChI is InChI=1S/C22H25FN4O/c1-15(2)26-10-12-27(13-11-26)17-8-6-16(7-9-17)24-14-18-21-19(23)4-3-5-20(21)25-22(18)28/h3-9,14-15,24H,10-13H2,1-2H3,(H,25,28). The molecule has 5 nitrogen and oxygen atoms in total. The van der Waals surface area contributed by atoms with Gasteiger partial charge in [-0.3, -0.25) is 9.69 Å². The lowest BCUT2D eigenvalue weighted by Gasteiger charge is -2.38. The topological polar surface area (TPSA) is 47.6 Å². The molecule has 0 spiro atoms. The number of halogens is 1. The molecular weight excluding hydrogens is 355 g/mol. The van der Waals surface area contributed by atoms with Gasteiger partial charge in [0.15, 0.2) is 0 Å². The van der Waals surface area contributed by atoms with Crippen LogP contribution < -0.4 is 15.5 Å². The third kappa shape index (κ3) is 3.60. The van der Waals surface area contributed by atoms with Crippen LogP contribution in [-0.4, -0.2) is 43.0 Å². The van der Waals surface area contributed by atoms with Crippen LogP contribution in [0.5, 0.6) is 0 Å². The van der Waals surface area contributed by atoms with Crippen molar-refractivity contribution in [2.24, 2.45) is 0 Å². The van der Waals surface area contributed by atoms with Gasteiger partial charge in [-0.15, -0.1) is 0 Å². The van der Waals surface area contributed by atoms with E-state index in [1.54, 1.807) is 18.3 Å². The minimum Gasteiger partial charge on any atom is -0.369 e. The first kappa shape index (κ1) is 18.5. The Morgan fingerprint density at radius 2 is 1.79 bits per heavy atom. The highest BCUT2D eigenvalue weighted by atomic mass is 19.1. The van der Waals surface area contributed by atoms with E-state index in [0.717, 1.165) is 31.9 Å². The number of piperazine rings is 1. The lowest BCUT2D eigenvalue weighted by Crippen LogP contribution is -2.48. The summed E-state index contributed by atoms with van der Waals surface area (Å²) in [6, 6.07) is 13.4. The van der Waals surface area contributed by atoms with Gasteiger partial charge in [-0.05, 0) is 50.2 Å². The molecule has 2 heterocycles. The normalized spacial score (nSPS) is 18.5. The highest BCUT2D eigenvalue weighted by Crippen LogP contribution is 2.33. The maximum atomic E-state index is 14.1. The van der Waals surface area contributed by atoms with E-state index < -0.39 is 5.82 Å². The van der Waals surface area contributed by atoms with Crippen LogP contribution in [-0.2, 0) is 4.79 Å². The maximum Gasteiger partial charge on any atom is 0.257 e. The zero-order chi connectivity index (χ0) is 19.7. The molecule has 2 aromatic carbocycles. The number of fused-ring (bicyclic) bond motifs is 1. The molecular formula is C22H25FN4O. The molecule has 1 saturated heterocycles. The van der Waals surface area contributed by atoms with E-state index in [2.05, 4.69) is 46.4 Å². The predicted molar refractivity (Wildman–Crippen MR) is 112 cm³/mol. The molecule has 146 valence electrons. The monoisotopic (exact) mass is 380 g/mol. The first-order chi connectivity index (χ1) is 13.5. The summed E-state index contributed by atoms with van der Waals surface area (Å²) in [4.78, 5) is 17.0. The molecule has 0 bridgehead atoms. The summed E-state index contributed by atoms with van der Waals surface area (Å²) in [5.41, 5.74) is 3.18. The Morgan fingerprint density at radius 1 is 1.07 bits per heavy atom. The van der Waals surface area contributed by atoms with E-state index in [-0.39, 0.29) is 5.91 Å². The Hall–Kier alpha value is -2.86. The van der Waals surface area contributed by atoms with Crippen molar-refractivity contribution in [3.63, 3.8) is 0 Å². The van der Waals surface area contributed by atoms with Gasteiger partial charge in [0.05, 0.1) is 11.3 Å². The van der Waals surface area contributed by atoms with Crippen molar-refractivity contribution in [2.75, 3.05) is 41.7 Å². The number of benzene rings is 2. The summed E-state index contributed by atoms with van der Waals surface area (Å²) in [5.74, 6) is -0.702. The average molecular weight is 380 g/mol. The van der Waals surface area contributed by atoms with E-state index >= 15 is 0 Å². The smallest absolute Gasteiger partial charge is 0.257 e. The Labute approximate surface area is 164 Å². The third-order valence-corrected chi connectivity index (χ3v) is 5.44. The van der Waals surface area contributed by atoms with Crippen LogP contribution in [0.2, 0.25) is 0 Å². The third-order valence-electron chi connectivity index (χ3n) is 5.44. The molecule has 2 aliphatic heterocycles. The fourth-order valence-electron chi connectivity index (χ4n) is 3.76. The van der Waals surface area contributed by atoms with Gasteiger partial charge >= 0.3 is 0 Å². The van der Waals surface area contributed by atoms with Crippen LogP contribution in [0.4, 0.5) is 21.5 Å². The lowest BCUT2D eigenvalue weighted by molar-refractivity contribution is -0.110. The van der Waals surface area contributed by atoms with Gasteiger partial charge in [0.2, 0.25) is 0 Å². The van der Waals surface area contributed by atoms with Crippen molar-refractivity contribution < 1.29 is 9.18 Å². The number of carbonyl (C=O) groups excluding carboxylic acids is 1. The molecule has 0 aromatic heterocycles. The predicted octanol–water partition coefficient (Wildman–Crippen LogP) is 3.76. The van der Waals surface area contributed by atoms with Crippen LogP contribution in [0, 0.1) is 5.82 Å². The van der Waals surface area contributed by atoms with Gasteiger partial charge in [-0.2, -0.15) is 0 Å². The van der Waals surface area contributed by atoms with Crippen LogP contribution >= 0.6 is 0 Å². The van der Waals surface area contributed by atoms with Crippen molar-refractivity contribution in [3.05, 3.63) is 60.0 Å². The van der Waals surface area contributed by atoms with Crippen molar-refractivity contribution >= 4 is 28.5 Å². The van der Waals surface area contributed by atoms with Crippen molar-refractivity contribution in [1.82, 2.24) is 4.90 Å². The minimum atomic E-state index is -0.403. The fraction of sp³-hybridized carbons (Fsp3) is 0.318. The molecule has 0 unspecified atom stereocenters. The molecule has 0 radical (unpaired) electrons. The summed E-state index contributed by atoms with van der Waals surface area (Å²) in [6.45, 7) is 8.66. The number of rotatable bonds is 4. The fourth-order valence-corrected chi connectivity index (χ4v) is 3.76. The second-order valence-corrected chi connectivity index (χ2v) is 7.48. The summed E-state index contributed by atoms with van der Waals surface area (Å²) >= 11 is 0. The van der Waals surface area contributed by atoms with E-state index in [9.17, 15) is 9.18 Å². The van der Waals surface area contributed by atoms with Gasteiger partial charge in [-0.25, -0.2) is 4.39 Å². The number of nitrogens with zero attached hydrogens (tertiary/aromatic N) is 2. The quantitative estimate of drug-likeness (QED) is 0.793. The van der Waals surface area contributed by atoms with Gasteiger partial charge in [-0.1, -0.05) is 6.07 Å². The van der Waals surface area contributed by atoms with Gasteiger partial charge < -0.3 is 15.5 Å². The van der Waals surface area contributed by atoms with Gasteiger partial charge in [0.1, 0.15) is 5.82 Å². The van der Waals surface area contributed by atoms with Crippen LogP contribution in [0.1, 0.15) is 19.4 Å². The molecule has 6 heteroatoms. The Morgan fingerprint density at radius 3 is 2.46 bits per heavy atom. The first-order valence-corrected chi connectivity index (χ1v) is 9.69. The van der Waals surface area contributed by atoms with Crippen molar-refractivity contribution in [3.8, 4) is 0 Å². The number of hydrogen-bond donors (Lipinski definition) is 2. The second-order valence-electron chi connectivity index (χ2n) is 7.48. The van der Waals surface area contributed by atoms with Gasteiger partial charge in [0.25, 0.3) is 5.91 Å². The van der Waals surface area contributed by atoms with E-state index in [1.807, 2.05) is 12.1 Å². The largest absolute Gasteiger partial charge is 0.369 e. The van der Waals surface area contributed by atoms with Gasteiger partial charge in [0, 0.05) is 55.4 Å². The second kappa shape index (κ2) is 7.64. The SMILES string of the molecule is CC(C)N1CCN(c2ccc(NC=C3C(=O)Nc4cccc(F)c43)cc2)CC1. The Bertz CT molecular complexity index is 899. The minimum absolute atomic E-state index is 0.299. The molecule has 1 fully saturated rings. The molecule has 2 aliphatic rings. The summed E-state index contributed by atoms with van der Waals surface area (Å²) in [5, 5.41) is 5.81. The number of carbonyl (C=O) groups is 1. The highest BCUT2D eigenvalue weighted by Gasteiger charge is 2.27. The molecule has 0 atom stereocenters. The van der Waals surface area contributed by atoms with E-state index in [0.29, 0.717) is 22.9 Å². The van der Waals surface area contributed by atoms with Crippen LogP contribution in [0.25, 0.3) is 5.57 Å². The number of nitrogens with one attached hydrogen (secondary N) is 2. The summed E-state index contributed by atoms with van der Waals surface area (Å²) < 4.78 is 14.1. The molecule has 28 heavy (non-hydrogen) atoms. The first-order valence-electron chi connectivity index (χ1n) is 9.69. The molecule has 0 saturated carbocycles. The zero-order valence-electron chi connectivity index (χ0n) is 16.2. The lowest BCUT2D eigenvalue weighted by atomic mass is 10.1. The summed E-state index contributed by atoms with van der Waals surface area (Å²) in [6.07, 6.45) is 1.57. The average Bonchev–Trinajstić information content (AvgIpc) is 3.03. The van der Waals surface area contributed by atoms with Crippen LogP contribution in [0.15, 0.2) is 48.7 Å². The highest BCUT2D eigenvalue weighted by molar-refractivity contribution is 6.31. The Kier molecular flexibility index (Phi) is 5.05. The zero-order valence-corrected chi connectivity index (χ0v) is 16.2. The Balaban J connectivity index is 1.44. The number of anilines is 3. The summed E-state index contributed by atoms with van der Waals surface area (Å²) in [7, 11) is 0. The maximum absolute atomic E-state index is 14.1. The number of amides is 1. The van der Waals surface area contributed by atoms with Crippen LogP contribution in [0.3, 0.4) is 0 Å².